The summed E-state index contributed by atoms with van der Waals surface area (Å²) in [7, 11) is 0. The average Bonchev–Trinajstić information content (AvgIpc) is 2.82. The molecule has 0 bridgehead atoms. The van der Waals surface area contributed by atoms with Gasteiger partial charge in [0.25, 0.3) is 5.91 Å². The number of hydrogen-bond acceptors (Lipinski definition) is 3. The van der Waals surface area contributed by atoms with Crippen molar-refractivity contribution in [1.29, 1.82) is 0 Å². The average molecular weight is 261 g/mol. The highest BCUT2D eigenvalue weighted by atomic mass is 16.2. The highest BCUT2D eigenvalue weighted by molar-refractivity contribution is 5.99. The zero-order valence-corrected chi connectivity index (χ0v) is 11.3. The number of carbonyl (C=O) groups excluding carboxylic acids is 2. The third-order valence-electron chi connectivity index (χ3n) is 3.69. The summed E-state index contributed by atoms with van der Waals surface area (Å²) in [6.45, 7) is 4.34. The molecule has 0 radical (unpaired) electrons. The molecule has 1 aromatic rings. The third-order valence-corrected chi connectivity index (χ3v) is 3.69. The molecule has 1 atom stereocenters. The second-order valence-corrected chi connectivity index (χ2v) is 5.08. The van der Waals surface area contributed by atoms with E-state index < -0.39 is 11.9 Å². The van der Waals surface area contributed by atoms with E-state index in [1.54, 1.807) is 11.0 Å². The van der Waals surface area contributed by atoms with Crippen LogP contribution in [0.2, 0.25) is 0 Å². The van der Waals surface area contributed by atoms with Gasteiger partial charge in [0.15, 0.2) is 0 Å². The van der Waals surface area contributed by atoms with Crippen molar-refractivity contribution in [3.63, 3.8) is 0 Å². The summed E-state index contributed by atoms with van der Waals surface area (Å²) >= 11 is 0. The molecular weight excluding hydrogens is 242 g/mol. The maximum absolute atomic E-state index is 12.5. The predicted molar refractivity (Wildman–Crippen MR) is 73.6 cm³/mol. The number of benzene rings is 1. The van der Waals surface area contributed by atoms with E-state index >= 15 is 0 Å². The van der Waals surface area contributed by atoms with E-state index in [1.165, 1.54) is 0 Å². The summed E-state index contributed by atoms with van der Waals surface area (Å²) in [5.41, 5.74) is 14.1. The minimum Gasteiger partial charge on any atom is -0.398 e. The second kappa shape index (κ2) is 4.91. The van der Waals surface area contributed by atoms with Crippen LogP contribution in [0.25, 0.3) is 0 Å². The molecular formula is C14H19N3O2. The van der Waals surface area contributed by atoms with Crippen molar-refractivity contribution < 1.29 is 9.59 Å². The summed E-state index contributed by atoms with van der Waals surface area (Å²) in [5.74, 6) is -0.603. The van der Waals surface area contributed by atoms with Crippen molar-refractivity contribution in [3.05, 3.63) is 28.8 Å². The van der Waals surface area contributed by atoms with E-state index in [1.807, 2.05) is 19.9 Å². The number of rotatable bonds is 2. The molecule has 1 aliphatic rings. The number of nitrogen functional groups attached to an aromatic ring is 1. The maximum Gasteiger partial charge on any atom is 0.254 e. The van der Waals surface area contributed by atoms with Gasteiger partial charge in [-0.1, -0.05) is 6.07 Å². The summed E-state index contributed by atoms with van der Waals surface area (Å²) in [6, 6.07) is 3.08. The van der Waals surface area contributed by atoms with Crippen molar-refractivity contribution in [2.45, 2.75) is 32.7 Å². The Bertz CT molecular complexity index is 540. The molecule has 0 saturated carbocycles. The molecule has 1 aliphatic heterocycles. The molecule has 0 spiro atoms. The number of primary amides is 1. The van der Waals surface area contributed by atoms with Gasteiger partial charge in [0, 0.05) is 17.8 Å². The molecule has 2 amide bonds. The van der Waals surface area contributed by atoms with Gasteiger partial charge in [0.05, 0.1) is 0 Å². The van der Waals surface area contributed by atoms with Gasteiger partial charge in [-0.05, 0) is 43.9 Å². The van der Waals surface area contributed by atoms with Gasteiger partial charge >= 0.3 is 0 Å². The van der Waals surface area contributed by atoms with E-state index in [0.29, 0.717) is 24.2 Å². The van der Waals surface area contributed by atoms with Crippen molar-refractivity contribution in [2.24, 2.45) is 5.73 Å². The first kappa shape index (κ1) is 13.4. The Morgan fingerprint density at radius 3 is 2.58 bits per heavy atom. The number of likely N-dealkylation sites (tertiary alicyclic amines) is 1. The second-order valence-electron chi connectivity index (χ2n) is 5.08. The molecule has 1 aromatic carbocycles. The first-order chi connectivity index (χ1) is 8.91. The Kier molecular flexibility index (Phi) is 3.46. The minimum absolute atomic E-state index is 0.162. The maximum atomic E-state index is 12.5. The van der Waals surface area contributed by atoms with Crippen LogP contribution in [0.4, 0.5) is 5.69 Å². The van der Waals surface area contributed by atoms with Gasteiger partial charge in [0.1, 0.15) is 6.04 Å². The van der Waals surface area contributed by atoms with E-state index in [2.05, 4.69) is 0 Å². The van der Waals surface area contributed by atoms with Crippen LogP contribution in [0.1, 0.15) is 34.3 Å². The van der Waals surface area contributed by atoms with Gasteiger partial charge in [-0.3, -0.25) is 9.59 Å². The molecule has 0 aromatic heterocycles. The lowest BCUT2D eigenvalue weighted by Crippen LogP contribution is -2.43. The molecule has 1 fully saturated rings. The number of anilines is 1. The fourth-order valence-corrected chi connectivity index (χ4v) is 2.56. The van der Waals surface area contributed by atoms with Gasteiger partial charge < -0.3 is 16.4 Å². The molecule has 2 rings (SSSR count). The van der Waals surface area contributed by atoms with Gasteiger partial charge in [-0.2, -0.15) is 0 Å². The van der Waals surface area contributed by atoms with Crippen LogP contribution in [0, 0.1) is 13.8 Å². The zero-order chi connectivity index (χ0) is 14.2. The highest BCUT2D eigenvalue weighted by Gasteiger charge is 2.33. The van der Waals surface area contributed by atoms with Crippen LogP contribution in [-0.4, -0.2) is 29.3 Å². The van der Waals surface area contributed by atoms with E-state index in [0.717, 1.165) is 17.5 Å². The van der Waals surface area contributed by atoms with E-state index in [4.69, 9.17) is 11.5 Å². The number of nitrogens with two attached hydrogens (primary N) is 2. The lowest BCUT2D eigenvalue weighted by molar-refractivity contribution is -0.121. The number of hydrogen-bond donors (Lipinski definition) is 2. The molecule has 1 unspecified atom stereocenters. The van der Waals surface area contributed by atoms with Crippen molar-refractivity contribution in [3.8, 4) is 0 Å². The topological polar surface area (TPSA) is 89.4 Å². The van der Waals surface area contributed by atoms with Crippen LogP contribution in [0.3, 0.4) is 0 Å². The fourth-order valence-electron chi connectivity index (χ4n) is 2.56. The monoisotopic (exact) mass is 261 g/mol. The smallest absolute Gasteiger partial charge is 0.254 e. The first-order valence-electron chi connectivity index (χ1n) is 6.39. The van der Waals surface area contributed by atoms with Crippen molar-refractivity contribution >= 4 is 17.5 Å². The highest BCUT2D eigenvalue weighted by Crippen LogP contribution is 2.24. The number of nitrogens with zero attached hydrogens (tertiary/aromatic N) is 1. The lowest BCUT2D eigenvalue weighted by Gasteiger charge is -2.23. The SMILES string of the molecule is Cc1cc(C)c(C(=O)N2CCCC2C(N)=O)cc1N. The van der Waals surface area contributed by atoms with Crippen LogP contribution >= 0.6 is 0 Å². The van der Waals surface area contributed by atoms with Crippen molar-refractivity contribution in [2.75, 3.05) is 12.3 Å². The number of amides is 2. The molecule has 4 N–H and O–H groups in total. The third kappa shape index (κ3) is 2.41. The number of carbonyl (C=O) groups is 2. The first-order valence-corrected chi connectivity index (χ1v) is 6.39. The molecule has 1 heterocycles. The van der Waals surface area contributed by atoms with Crippen LogP contribution in [0.15, 0.2) is 12.1 Å². The summed E-state index contributed by atoms with van der Waals surface area (Å²) in [5, 5.41) is 0. The Hall–Kier alpha value is -2.04. The molecule has 1 saturated heterocycles. The van der Waals surface area contributed by atoms with Crippen LogP contribution < -0.4 is 11.5 Å². The van der Waals surface area contributed by atoms with Gasteiger partial charge in [0.2, 0.25) is 5.91 Å². The summed E-state index contributed by atoms with van der Waals surface area (Å²) < 4.78 is 0. The normalized spacial score (nSPS) is 18.6. The molecule has 19 heavy (non-hydrogen) atoms. The molecule has 5 nitrogen and oxygen atoms in total. The fraction of sp³-hybridized carbons (Fsp3) is 0.429. The Morgan fingerprint density at radius 1 is 1.26 bits per heavy atom. The van der Waals surface area contributed by atoms with Crippen LogP contribution in [0.5, 0.6) is 0 Å². The Balaban J connectivity index is 2.34. The molecule has 102 valence electrons. The lowest BCUT2D eigenvalue weighted by atomic mass is 10.0. The summed E-state index contributed by atoms with van der Waals surface area (Å²) in [6.07, 6.45) is 1.45. The Labute approximate surface area is 112 Å². The van der Waals surface area contributed by atoms with E-state index in [9.17, 15) is 9.59 Å². The zero-order valence-electron chi connectivity index (χ0n) is 11.3. The largest absolute Gasteiger partial charge is 0.398 e. The van der Waals surface area contributed by atoms with Gasteiger partial charge in [-0.25, -0.2) is 0 Å². The van der Waals surface area contributed by atoms with Crippen LogP contribution in [-0.2, 0) is 4.79 Å². The predicted octanol–water partition coefficient (Wildman–Crippen LogP) is 0.976. The standard InChI is InChI=1S/C14H19N3O2/c1-8-6-9(2)11(15)7-10(8)14(19)17-5-3-4-12(17)13(16)18/h6-7,12H,3-5,15H2,1-2H3,(H2,16,18). The van der Waals surface area contributed by atoms with Gasteiger partial charge in [-0.15, -0.1) is 0 Å². The molecule has 5 heteroatoms. The van der Waals surface area contributed by atoms with Crippen molar-refractivity contribution in [1.82, 2.24) is 4.90 Å². The summed E-state index contributed by atoms with van der Waals surface area (Å²) in [4.78, 5) is 25.4. The number of aryl methyl sites for hydroxylation is 2. The molecule has 0 aliphatic carbocycles. The quantitative estimate of drug-likeness (QED) is 0.777. The van der Waals surface area contributed by atoms with E-state index in [-0.39, 0.29) is 5.91 Å². The Morgan fingerprint density at radius 2 is 1.95 bits per heavy atom. The minimum atomic E-state index is -0.491.